The number of carboxylic acid groups (broad SMARTS) is 1. The molecular formula is C20H18N6O3. The van der Waals surface area contributed by atoms with Crippen molar-refractivity contribution in [3.8, 4) is 22.4 Å². The van der Waals surface area contributed by atoms with Gasteiger partial charge in [0, 0.05) is 17.0 Å². The van der Waals surface area contributed by atoms with Gasteiger partial charge in [0.25, 0.3) is 0 Å². The number of aryl methyl sites for hydroxylation is 2. The molecule has 0 aliphatic rings. The van der Waals surface area contributed by atoms with E-state index >= 15 is 0 Å². The van der Waals surface area contributed by atoms with Crippen molar-refractivity contribution in [3.05, 3.63) is 64.3 Å². The first-order valence-corrected chi connectivity index (χ1v) is 8.87. The summed E-state index contributed by atoms with van der Waals surface area (Å²) in [6, 6.07) is 13.1. The summed E-state index contributed by atoms with van der Waals surface area (Å²) in [5.41, 5.74) is 9.95. The van der Waals surface area contributed by atoms with Gasteiger partial charge in [0.15, 0.2) is 5.65 Å². The molecule has 9 nitrogen and oxygen atoms in total. The summed E-state index contributed by atoms with van der Waals surface area (Å²) in [7, 11) is 0. The van der Waals surface area contributed by atoms with Crippen molar-refractivity contribution < 1.29 is 9.90 Å². The zero-order valence-electron chi connectivity index (χ0n) is 15.8. The number of nitrogens with zero attached hydrogens (tertiary/aromatic N) is 5. The number of anilines is 1. The van der Waals surface area contributed by atoms with E-state index in [1.54, 1.807) is 0 Å². The van der Waals surface area contributed by atoms with Gasteiger partial charge in [-0.15, -0.1) is 5.10 Å². The average Bonchev–Trinajstić information content (AvgIpc) is 2.97. The molecule has 4 aromatic rings. The maximum atomic E-state index is 12.7. The molecule has 3 aromatic heterocycles. The topological polar surface area (TPSA) is 128 Å². The van der Waals surface area contributed by atoms with Gasteiger partial charge in [0.2, 0.25) is 5.95 Å². The number of fused-ring (bicyclic) bond motifs is 1. The third-order valence-corrected chi connectivity index (χ3v) is 4.46. The summed E-state index contributed by atoms with van der Waals surface area (Å²) in [4.78, 5) is 32.8. The van der Waals surface area contributed by atoms with E-state index in [0.29, 0.717) is 11.3 Å². The monoisotopic (exact) mass is 390 g/mol. The van der Waals surface area contributed by atoms with E-state index in [-0.39, 0.29) is 11.6 Å². The molecule has 3 heterocycles. The molecule has 0 saturated heterocycles. The maximum absolute atomic E-state index is 12.7. The van der Waals surface area contributed by atoms with E-state index in [4.69, 9.17) is 10.8 Å². The van der Waals surface area contributed by atoms with Gasteiger partial charge in [-0.1, -0.05) is 30.3 Å². The number of nitrogens with two attached hydrogens (primary N) is 1. The number of benzene rings is 1. The van der Waals surface area contributed by atoms with Crippen molar-refractivity contribution in [2.24, 2.45) is 0 Å². The van der Waals surface area contributed by atoms with Crippen LogP contribution in [0.5, 0.6) is 0 Å². The van der Waals surface area contributed by atoms with Crippen molar-refractivity contribution in [1.82, 2.24) is 24.1 Å². The summed E-state index contributed by atoms with van der Waals surface area (Å²) >= 11 is 0. The number of hydrogen-bond acceptors (Lipinski definition) is 6. The van der Waals surface area contributed by atoms with Gasteiger partial charge < -0.3 is 10.8 Å². The van der Waals surface area contributed by atoms with Crippen molar-refractivity contribution in [1.29, 1.82) is 0 Å². The molecule has 0 aliphatic carbocycles. The Balaban J connectivity index is 2.15. The molecule has 1 aromatic carbocycles. The van der Waals surface area contributed by atoms with Crippen LogP contribution in [0.4, 0.5) is 5.95 Å². The standard InChI is InChI=1S/C20H18N6O3/c1-11-8-14(9-12(2)22-11)16-17(13-6-4-3-5-7-13)23-19(21)26-18(16)24-25(20(26)29)10-15(27)28/h3-9H,10H2,1-2H3,(H2,21,23)(H,27,28). The van der Waals surface area contributed by atoms with E-state index in [9.17, 15) is 9.59 Å². The van der Waals surface area contributed by atoms with Gasteiger partial charge in [-0.3, -0.25) is 9.78 Å². The van der Waals surface area contributed by atoms with Crippen LogP contribution in [-0.2, 0) is 11.3 Å². The summed E-state index contributed by atoms with van der Waals surface area (Å²) < 4.78 is 2.00. The SMILES string of the molecule is Cc1cc(-c2c(-c3ccccc3)nc(N)n3c(=O)n(CC(=O)O)nc23)cc(C)n1. The minimum atomic E-state index is -1.18. The number of carbonyl (C=O) groups is 1. The molecular weight excluding hydrogens is 372 g/mol. The van der Waals surface area contributed by atoms with E-state index in [0.717, 1.165) is 31.6 Å². The van der Waals surface area contributed by atoms with E-state index in [2.05, 4.69) is 15.1 Å². The Morgan fingerprint density at radius 3 is 2.34 bits per heavy atom. The Labute approximate surface area is 165 Å². The largest absolute Gasteiger partial charge is 0.480 e. The van der Waals surface area contributed by atoms with Crippen LogP contribution in [0.25, 0.3) is 28.0 Å². The van der Waals surface area contributed by atoms with Crippen molar-refractivity contribution in [3.63, 3.8) is 0 Å². The summed E-state index contributed by atoms with van der Waals surface area (Å²) in [6.45, 7) is 3.17. The number of aromatic nitrogens is 5. The van der Waals surface area contributed by atoms with Crippen LogP contribution in [0.3, 0.4) is 0 Å². The van der Waals surface area contributed by atoms with E-state index in [1.165, 1.54) is 0 Å². The lowest BCUT2D eigenvalue weighted by Gasteiger charge is -2.13. The first-order chi connectivity index (χ1) is 13.8. The van der Waals surface area contributed by atoms with Crippen molar-refractivity contribution in [2.45, 2.75) is 20.4 Å². The molecule has 0 spiro atoms. The third-order valence-electron chi connectivity index (χ3n) is 4.46. The molecule has 0 amide bonds. The van der Waals surface area contributed by atoms with Gasteiger partial charge in [0.1, 0.15) is 6.54 Å². The molecule has 146 valence electrons. The number of pyridine rings is 1. The Morgan fingerprint density at radius 2 is 1.72 bits per heavy atom. The molecule has 0 saturated carbocycles. The number of hydrogen-bond donors (Lipinski definition) is 2. The molecule has 4 rings (SSSR count). The zero-order chi connectivity index (χ0) is 20.7. The highest BCUT2D eigenvalue weighted by Gasteiger charge is 2.22. The minimum absolute atomic E-state index is 0.0632. The Hall–Kier alpha value is -4.01. The maximum Gasteiger partial charge on any atom is 0.353 e. The quantitative estimate of drug-likeness (QED) is 0.544. The molecule has 0 atom stereocenters. The lowest BCUT2D eigenvalue weighted by atomic mass is 9.99. The van der Waals surface area contributed by atoms with E-state index < -0.39 is 18.2 Å². The molecule has 3 N–H and O–H groups in total. The lowest BCUT2D eigenvalue weighted by Crippen LogP contribution is -2.26. The fourth-order valence-corrected chi connectivity index (χ4v) is 3.38. The second-order valence-electron chi connectivity index (χ2n) is 6.69. The molecule has 0 fully saturated rings. The molecule has 29 heavy (non-hydrogen) atoms. The van der Waals surface area contributed by atoms with Gasteiger partial charge in [-0.25, -0.2) is 18.9 Å². The first kappa shape index (κ1) is 18.4. The fraction of sp³-hybridized carbons (Fsp3) is 0.150. The Kier molecular flexibility index (Phi) is 4.34. The third kappa shape index (κ3) is 3.22. The number of nitrogen functional groups attached to an aromatic ring is 1. The van der Waals surface area contributed by atoms with E-state index in [1.807, 2.05) is 56.3 Å². The Morgan fingerprint density at radius 1 is 1.07 bits per heavy atom. The van der Waals surface area contributed by atoms with Gasteiger partial charge in [-0.2, -0.15) is 0 Å². The van der Waals surface area contributed by atoms with Crippen LogP contribution < -0.4 is 11.4 Å². The number of carboxylic acids is 1. The summed E-state index contributed by atoms with van der Waals surface area (Å²) in [5, 5.41) is 13.4. The molecule has 0 aliphatic heterocycles. The fourth-order valence-electron chi connectivity index (χ4n) is 3.38. The first-order valence-electron chi connectivity index (χ1n) is 8.87. The molecule has 0 unspecified atom stereocenters. The highest BCUT2D eigenvalue weighted by molar-refractivity contribution is 5.90. The highest BCUT2D eigenvalue weighted by atomic mass is 16.4. The minimum Gasteiger partial charge on any atom is -0.480 e. The highest BCUT2D eigenvalue weighted by Crippen LogP contribution is 2.34. The van der Waals surface area contributed by atoms with Crippen LogP contribution in [0.2, 0.25) is 0 Å². The molecule has 9 heteroatoms. The second kappa shape index (κ2) is 6.86. The van der Waals surface area contributed by atoms with Crippen LogP contribution in [-0.4, -0.2) is 35.2 Å². The van der Waals surface area contributed by atoms with Crippen LogP contribution in [0.1, 0.15) is 11.4 Å². The summed E-state index contributed by atoms with van der Waals surface area (Å²) in [6.07, 6.45) is 0. The Bertz CT molecular complexity index is 1290. The number of rotatable bonds is 4. The predicted molar refractivity (Wildman–Crippen MR) is 107 cm³/mol. The van der Waals surface area contributed by atoms with Gasteiger partial charge in [0.05, 0.1) is 11.3 Å². The lowest BCUT2D eigenvalue weighted by molar-refractivity contribution is -0.137. The predicted octanol–water partition coefficient (Wildman–Crippen LogP) is 1.90. The van der Waals surface area contributed by atoms with Crippen LogP contribution in [0, 0.1) is 13.8 Å². The second-order valence-corrected chi connectivity index (χ2v) is 6.69. The van der Waals surface area contributed by atoms with Gasteiger partial charge in [-0.05, 0) is 31.5 Å². The molecule has 0 radical (unpaired) electrons. The summed E-state index contributed by atoms with van der Waals surface area (Å²) in [5.74, 6) is -1.24. The zero-order valence-corrected chi connectivity index (χ0v) is 15.8. The van der Waals surface area contributed by atoms with Crippen molar-refractivity contribution in [2.75, 3.05) is 5.73 Å². The van der Waals surface area contributed by atoms with Crippen LogP contribution in [0.15, 0.2) is 47.3 Å². The van der Waals surface area contributed by atoms with Crippen LogP contribution >= 0.6 is 0 Å². The number of aliphatic carboxylic acids is 1. The van der Waals surface area contributed by atoms with Crippen molar-refractivity contribution >= 4 is 17.6 Å². The normalized spacial score (nSPS) is 11.1. The average molecular weight is 390 g/mol. The smallest absolute Gasteiger partial charge is 0.353 e. The molecule has 0 bridgehead atoms. The van der Waals surface area contributed by atoms with Gasteiger partial charge >= 0.3 is 11.7 Å².